The van der Waals surface area contributed by atoms with Gasteiger partial charge in [0.05, 0.1) is 11.3 Å². The summed E-state index contributed by atoms with van der Waals surface area (Å²) < 4.78 is 39.8. The Kier molecular flexibility index (Phi) is 4.43. The van der Waals surface area contributed by atoms with E-state index in [2.05, 4.69) is 10.3 Å². The number of alkyl halides is 3. The van der Waals surface area contributed by atoms with Gasteiger partial charge in [-0.05, 0) is 30.7 Å². The summed E-state index contributed by atoms with van der Waals surface area (Å²) in [6.45, 7) is 1.66. The zero-order valence-corrected chi connectivity index (χ0v) is 13.8. The highest BCUT2D eigenvalue weighted by Crippen LogP contribution is 2.29. The van der Waals surface area contributed by atoms with E-state index in [4.69, 9.17) is 11.6 Å². The summed E-state index contributed by atoms with van der Waals surface area (Å²) >= 11 is 5.91. The first-order chi connectivity index (χ1) is 11.8. The van der Waals surface area contributed by atoms with Crippen LogP contribution in [-0.2, 0) is 12.7 Å². The van der Waals surface area contributed by atoms with Gasteiger partial charge in [-0.2, -0.15) is 13.2 Å². The molecule has 0 radical (unpaired) electrons. The van der Waals surface area contributed by atoms with Crippen molar-refractivity contribution in [1.82, 2.24) is 14.7 Å². The summed E-state index contributed by atoms with van der Waals surface area (Å²) in [4.78, 5) is 16.7. The van der Waals surface area contributed by atoms with Gasteiger partial charge in [0.1, 0.15) is 11.3 Å². The van der Waals surface area contributed by atoms with Crippen molar-refractivity contribution in [3.05, 3.63) is 70.1 Å². The lowest BCUT2D eigenvalue weighted by atomic mass is 10.1. The number of carbonyl (C=O) groups is 1. The van der Waals surface area contributed by atoms with E-state index in [-0.39, 0.29) is 6.54 Å². The number of carbonyl (C=O) groups excluding carboxylic acids is 1. The number of halogens is 4. The molecule has 1 amide bonds. The molecule has 0 unspecified atom stereocenters. The van der Waals surface area contributed by atoms with Crippen molar-refractivity contribution in [3.63, 3.8) is 0 Å². The van der Waals surface area contributed by atoms with Crippen LogP contribution in [0.15, 0.2) is 42.6 Å². The predicted molar refractivity (Wildman–Crippen MR) is 87.6 cm³/mol. The topological polar surface area (TPSA) is 46.4 Å². The van der Waals surface area contributed by atoms with Gasteiger partial charge in [-0.15, -0.1) is 0 Å². The van der Waals surface area contributed by atoms with Crippen LogP contribution < -0.4 is 5.32 Å². The van der Waals surface area contributed by atoms with Gasteiger partial charge in [0.2, 0.25) is 0 Å². The highest BCUT2D eigenvalue weighted by atomic mass is 35.5. The molecule has 0 fully saturated rings. The second-order valence-corrected chi connectivity index (χ2v) is 5.94. The fourth-order valence-corrected chi connectivity index (χ4v) is 2.69. The number of hydrogen-bond donors (Lipinski definition) is 1. The van der Waals surface area contributed by atoms with Gasteiger partial charge in [-0.3, -0.25) is 9.20 Å². The van der Waals surface area contributed by atoms with Gasteiger partial charge in [-0.25, -0.2) is 4.98 Å². The maximum Gasteiger partial charge on any atom is 0.416 e. The SMILES string of the molecule is Cc1nc2cc(Cl)ccn2c1C(=O)NCc1cccc(C(F)(F)F)c1. The lowest BCUT2D eigenvalue weighted by Crippen LogP contribution is -2.25. The Morgan fingerprint density at radius 3 is 2.76 bits per heavy atom. The van der Waals surface area contributed by atoms with Crippen LogP contribution in [0, 0.1) is 6.92 Å². The number of aryl methyl sites for hydroxylation is 1. The van der Waals surface area contributed by atoms with Crippen LogP contribution in [0.25, 0.3) is 5.65 Å². The number of fused-ring (bicyclic) bond motifs is 1. The Labute approximate surface area is 146 Å². The van der Waals surface area contributed by atoms with Gasteiger partial charge >= 0.3 is 6.18 Å². The van der Waals surface area contributed by atoms with Crippen molar-refractivity contribution in [3.8, 4) is 0 Å². The van der Waals surface area contributed by atoms with Gasteiger partial charge in [0.15, 0.2) is 0 Å². The Balaban J connectivity index is 1.81. The van der Waals surface area contributed by atoms with Gasteiger partial charge in [0, 0.05) is 23.8 Å². The first kappa shape index (κ1) is 17.3. The van der Waals surface area contributed by atoms with E-state index in [0.717, 1.165) is 12.1 Å². The number of benzene rings is 1. The molecule has 4 nitrogen and oxygen atoms in total. The van der Waals surface area contributed by atoms with Crippen LogP contribution in [0.4, 0.5) is 13.2 Å². The molecule has 0 saturated carbocycles. The monoisotopic (exact) mass is 367 g/mol. The summed E-state index contributed by atoms with van der Waals surface area (Å²) in [5.74, 6) is -0.426. The molecule has 0 atom stereocenters. The van der Waals surface area contributed by atoms with E-state index in [9.17, 15) is 18.0 Å². The summed E-state index contributed by atoms with van der Waals surface area (Å²) in [6, 6.07) is 8.09. The largest absolute Gasteiger partial charge is 0.416 e. The van der Waals surface area contributed by atoms with E-state index >= 15 is 0 Å². The third kappa shape index (κ3) is 3.61. The molecule has 25 heavy (non-hydrogen) atoms. The number of rotatable bonds is 3. The number of pyridine rings is 1. The average Bonchev–Trinajstić information content (AvgIpc) is 2.87. The molecule has 130 valence electrons. The second kappa shape index (κ2) is 6.40. The van der Waals surface area contributed by atoms with Crippen LogP contribution in [0.5, 0.6) is 0 Å². The van der Waals surface area contributed by atoms with E-state index in [1.54, 1.807) is 29.7 Å². The van der Waals surface area contributed by atoms with Gasteiger partial charge in [0.25, 0.3) is 5.91 Å². The zero-order valence-electron chi connectivity index (χ0n) is 13.1. The molecule has 1 N–H and O–H groups in total. The highest BCUT2D eigenvalue weighted by molar-refractivity contribution is 6.30. The molecule has 0 saturated heterocycles. The third-order valence-electron chi connectivity index (χ3n) is 3.68. The van der Waals surface area contributed by atoms with Crippen molar-refractivity contribution in [2.45, 2.75) is 19.6 Å². The molecule has 0 aliphatic heterocycles. The Morgan fingerprint density at radius 2 is 2.04 bits per heavy atom. The molecule has 2 heterocycles. The van der Waals surface area contributed by atoms with Crippen LogP contribution in [0.3, 0.4) is 0 Å². The van der Waals surface area contributed by atoms with E-state index in [1.165, 1.54) is 12.1 Å². The Hall–Kier alpha value is -2.54. The molecular weight excluding hydrogens is 355 g/mol. The van der Waals surface area contributed by atoms with Crippen molar-refractivity contribution in [1.29, 1.82) is 0 Å². The lowest BCUT2D eigenvalue weighted by Gasteiger charge is -2.10. The molecule has 3 rings (SSSR count). The smallest absolute Gasteiger partial charge is 0.347 e. The van der Waals surface area contributed by atoms with E-state index in [1.807, 2.05) is 0 Å². The highest BCUT2D eigenvalue weighted by Gasteiger charge is 2.30. The predicted octanol–water partition coefficient (Wildman–Crippen LogP) is 4.24. The number of imidazole rings is 1. The fraction of sp³-hybridized carbons (Fsp3) is 0.176. The summed E-state index contributed by atoms with van der Waals surface area (Å²) in [7, 11) is 0. The molecule has 0 spiro atoms. The molecule has 0 aliphatic rings. The zero-order chi connectivity index (χ0) is 18.2. The molecule has 8 heteroatoms. The van der Waals surface area contributed by atoms with E-state index < -0.39 is 17.6 Å². The molecule has 0 aliphatic carbocycles. The maximum absolute atomic E-state index is 12.7. The minimum absolute atomic E-state index is 0.0248. The summed E-state index contributed by atoms with van der Waals surface area (Å²) in [5.41, 5.74) is 0.953. The molecular formula is C17H13ClF3N3O. The van der Waals surface area contributed by atoms with Crippen LogP contribution in [0.2, 0.25) is 5.02 Å². The molecule has 2 aromatic heterocycles. The number of aromatic nitrogens is 2. The van der Waals surface area contributed by atoms with Crippen molar-refractivity contribution in [2.24, 2.45) is 0 Å². The van der Waals surface area contributed by atoms with Crippen LogP contribution in [-0.4, -0.2) is 15.3 Å². The summed E-state index contributed by atoms with van der Waals surface area (Å²) in [6.07, 6.45) is -2.80. The van der Waals surface area contributed by atoms with Crippen LogP contribution in [0.1, 0.15) is 27.3 Å². The first-order valence-corrected chi connectivity index (χ1v) is 7.72. The molecule has 0 bridgehead atoms. The molecule has 3 aromatic rings. The maximum atomic E-state index is 12.7. The fourth-order valence-electron chi connectivity index (χ4n) is 2.53. The third-order valence-corrected chi connectivity index (χ3v) is 3.92. The lowest BCUT2D eigenvalue weighted by molar-refractivity contribution is -0.137. The Morgan fingerprint density at radius 1 is 1.28 bits per heavy atom. The molecule has 1 aromatic carbocycles. The van der Waals surface area contributed by atoms with E-state index in [0.29, 0.717) is 27.6 Å². The first-order valence-electron chi connectivity index (χ1n) is 7.34. The van der Waals surface area contributed by atoms with Crippen molar-refractivity contribution in [2.75, 3.05) is 0 Å². The van der Waals surface area contributed by atoms with Gasteiger partial charge < -0.3 is 5.32 Å². The average molecular weight is 368 g/mol. The number of nitrogens with one attached hydrogen (secondary N) is 1. The van der Waals surface area contributed by atoms with Crippen LogP contribution >= 0.6 is 11.6 Å². The Bertz CT molecular complexity index is 950. The number of hydrogen-bond acceptors (Lipinski definition) is 2. The van der Waals surface area contributed by atoms with Crippen molar-refractivity contribution < 1.29 is 18.0 Å². The summed E-state index contributed by atoms with van der Waals surface area (Å²) in [5, 5.41) is 3.12. The van der Waals surface area contributed by atoms with Crippen molar-refractivity contribution >= 4 is 23.2 Å². The number of amides is 1. The normalized spacial score (nSPS) is 11.7. The quantitative estimate of drug-likeness (QED) is 0.752. The number of nitrogens with zero attached hydrogens (tertiary/aromatic N) is 2. The minimum atomic E-state index is -4.42. The standard InChI is InChI=1S/C17H13ClF3N3O/c1-10-15(24-6-5-13(18)8-14(24)23-10)16(25)22-9-11-3-2-4-12(7-11)17(19,20)21/h2-8H,9H2,1H3,(H,22,25). The minimum Gasteiger partial charge on any atom is -0.347 e. The second-order valence-electron chi connectivity index (χ2n) is 5.50. The van der Waals surface area contributed by atoms with Gasteiger partial charge in [-0.1, -0.05) is 23.7 Å².